The van der Waals surface area contributed by atoms with Gasteiger partial charge in [0, 0.05) is 42.4 Å². The van der Waals surface area contributed by atoms with E-state index in [2.05, 4.69) is 10.4 Å². The summed E-state index contributed by atoms with van der Waals surface area (Å²) in [6, 6.07) is 9.80. The van der Waals surface area contributed by atoms with Gasteiger partial charge in [0.25, 0.3) is 5.56 Å². The third-order valence-corrected chi connectivity index (χ3v) is 6.36. The molecule has 0 spiro atoms. The number of aromatic nitrogens is 3. The van der Waals surface area contributed by atoms with Gasteiger partial charge in [-0.2, -0.15) is 9.61 Å². The summed E-state index contributed by atoms with van der Waals surface area (Å²) in [5.41, 5.74) is 3.64. The van der Waals surface area contributed by atoms with Crippen LogP contribution < -0.4 is 15.6 Å². The van der Waals surface area contributed by atoms with Crippen LogP contribution in [-0.2, 0) is 18.3 Å². The first-order valence-corrected chi connectivity index (χ1v) is 11.0. The van der Waals surface area contributed by atoms with E-state index in [1.54, 1.807) is 7.11 Å². The highest BCUT2D eigenvalue weighted by atomic mass is 16.5. The SMILES string of the molecule is COc1cccc(-c2cc3n(C)c(C)c(CCC(=O)NC4CCCCC4)c(=O)n3n2)c1. The summed E-state index contributed by atoms with van der Waals surface area (Å²) in [4.78, 5) is 25.7. The number of carbonyl (C=O) groups is 1. The third kappa shape index (κ3) is 4.36. The molecule has 7 nitrogen and oxygen atoms in total. The lowest BCUT2D eigenvalue weighted by molar-refractivity contribution is -0.121. The number of fused-ring (bicyclic) bond motifs is 1. The van der Waals surface area contributed by atoms with Gasteiger partial charge in [0.15, 0.2) is 0 Å². The molecule has 1 aliphatic carbocycles. The summed E-state index contributed by atoms with van der Waals surface area (Å²) in [7, 11) is 3.55. The maximum atomic E-state index is 13.2. The van der Waals surface area contributed by atoms with E-state index < -0.39 is 0 Å². The fourth-order valence-electron chi connectivity index (χ4n) is 4.41. The predicted molar refractivity (Wildman–Crippen MR) is 120 cm³/mol. The van der Waals surface area contributed by atoms with Crippen molar-refractivity contribution in [2.75, 3.05) is 7.11 Å². The second kappa shape index (κ2) is 8.96. The maximum absolute atomic E-state index is 13.2. The van der Waals surface area contributed by atoms with Crippen molar-refractivity contribution >= 4 is 11.6 Å². The average molecular weight is 423 g/mol. The van der Waals surface area contributed by atoms with Crippen molar-refractivity contribution in [3.05, 3.63) is 51.9 Å². The van der Waals surface area contributed by atoms with Crippen molar-refractivity contribution in [2.45, 2.75) is 57.9 Å². The van der Waals surface area contributed by atoms with Crippen LogP contribution in [0.3, 0.4) is 0 Å². The number of methoxy groups -OCH3 is 1. The van der Waals surface area contributed by atoms with Crippen LogP contribution in [0, 0.1) is 6.92 Å². The first kappa shape index (κ1) is 21.2. The second-order valence-corrected chi connectivity index (χ2v) is 8.36. The summed E-state index contributed by atoms with van der Waals surface area (Å²) >= 11 is 0. The zero-order valence-electron chi connectivity index (χ0n) is 18.5. The summed E-state index contributed by atoms with van der Waals surface area (Å²) in [6.07, 6.45) is 6.43. The molecule has 3 aromatic rings. The lowest BCUT2D eigenvalue weighted by atomic mass is 9.95. The molecule has 2 aromatic heterocycles. The number of hydrogen-bond acceptors (Lipinski definition) is 4. The molecule has 164 valence electrons. The molecule has 1 fully saturated rings. The quantitative estimate of drug-likeness (QED) is 0.661. The molecule has 31 heavy (non-hydrogen) atoms. The van der Waals surface area contributed by atoms with Crippen molar-refractivity contribution in [1.82, 2.24) is 19.5 Å². The van der Waals surface area contributed by atoms with Gasteiger partial charge in [-0.25, -0.2) is 0 Å². The van der Waals surface area contributed by atoms with Crippen LogP contribution >= 0.6 is 0 Å². The number of hydrogen-bond donors (Lipinski definition) is 1. The fraction of sp³-hybridized carbons (Fsp3) is 0.458. The Bertz CT molecular complexity index is 1160. The van der Waals surface area contributed by atoms with E-state index in [0.29, 0.717) is 24.1 Å². The van der Waals surface area contributed by atoms with Gasteiger partial charge in [0.2, 0.25) is 5.91 Å². The summed E-state index contributed by atoms with van der Waals surface area (Å²) in [5, 5.41) is 7.70. The van der Waals surface area contributed by atoms with E-state index in [-0.39, 0.29) is 17.5 Å². The van der Waals surface area contributed by atoms with Gasteiger partial charge in [-0.1, -0.05) is 31.4 Å². The molecule has 1 N–H and O–H groups in total. The van der Waals surface area contributed by atoms with Crippen LogP contribution in [0.4, 0.5) is 0 Å². The molecule has 0 saturated heterocycles. The first-order valence-electron chi connectivity index (χ1n) is 11.0. The van der Waals surface area contributed by atoms with Gasteiger partial charge in [-0.15, -0.1) is 0 Å². The summed E-state index contributed by atoms with van der Waals surface area (Å²) in [5.74, 6) is 0.758. The van der Waals surface area contributed by atoms with Crippen molar-refractivity contribution in [2.24, 2.45) is 7.05 Å². The van der Waals surface area contributed by atoms with Gasteiger partial charge in [-0.3, -0.25) is 9.59 Å². The minimum absolute atomic E-state index is 0.0194. The van der Waals surface area contributed by atoms with Gasteiger partial charge in [0.1, 0.15) is 11.4 Å². The Labute approximate surface area is 182 Å². The molecular weight excluding hydrogens is 392 g/mol. The van der Waals surface area contributed by atoms with Crippen molar-refractivity contribution in [3.63, 3.8) is 0 Å². The highest BCUT2D eigenvalue weighted by molar-refractivity contribution is 5.76. The van der Waals surface area contributed by atoms with Crippen LogP contribution in [-0.4, -0.2) is 33.2 Å². The summed E-state index contributed by atoms with van der Waals surface area (Å²) in [6.45, 7) is 1.92. The standard InChI is InChI=1S/C24H30N4O3/c1-16-20(12-13-22(29)25-18-9-5-4-6-10-18)24(30)28-23(27(16)2)15-21(26-28)17-8-7-11-19(14-17)31-3/h7-8,11,14-15,18H,4-6,9-10,12-13H2,1-3H3,(H,25,29). The average Bonchev–Trinajstić information content (AvgIpc) is 3.24. The topological polar surface area (TPSA) is 77.6 Å². The molecule has 1 aromatic carbocycles. The molecule has 4 rings (SSSR count). The highest BCUT2D eigenvalue weighted by Gasteiger charge is 2.19. The molecule has 0 aliphatic heterocycles. The van der Waals surface area contributed by atoms with Gasteiger partial charge in [0.05, 0.1) is 12.8 Å². The van der Waals surface area contributed by atoms with Crippen molar-refractivity contribution in [1.29, 1.82) is 0 Å². The van der Waals surface area contributed by atoms with E-state index in [1.807, 2.05) is 48.9 Å². The normalized spacial score (nSPS) is 14.7. The Morgan fingerprint density at radius 1 is 1.23 bits per heavy atom. The van der Waals surface area contributed by atoms with E-state index in [0.717, 1.165) is 35.5 Å². The number of aryl methyl sites for hydroxylation is 1. The number of carbonyl (C=O) groups excluding carboxylic acids is 1. The molecule has 0 bridgehead atoms. The first-order chi connectivity index (χ1) is 15.0. The lowest BCUT2D eigenvalue weighted by Crippen LogP contribution is -2.36. The van der Waals surface area contributed by atoms with Crippen LogP contribution in [0.1, 0.15) is 49.8 Å². The second-order valence-electron chi connectivity index (χ2n) is 8.36. The van der Waals surface area contributed by atoms with Crippen LogP contribution in [0.5, 0.6) is 5.75 Å². The van der Waals surface area contributed by atoms with Crippen LogP contribution in [0.2, 0.25) is 0 Å². The predicted octanol–water partition coefficient (Wildman–Crippen LogP) is 3.40. The molecule has 0 unspecified atom stereocenters. The number of rotatable bonds is 6. The van der Waals surface area contributed by atoms with Gasteiger partial charge in [-0.05, 0) is 38.3 Å². The van der Waals surface area contributed by atoms with Crippen molar-refractivity contribution < 1.29 is 9.53 Å². The van der Waals surface area contributed by atoms with E-state index in [9.17, 15) is 9.59 Å². The van der Waals surface area contributed by atoms with E-state index in [4.69, 9.17) is 4.74 Å². The Morgan fingerprint density at radius 2 is 2.00 bits per heavy atom. The van der Waals surface area contributed by atoms with E-state index in [1.165, 1.54) is 23.8 Å². The molecule has 7 heteroatoms. The number of amides is 1. The zero-order chi connectivity index (χ0) is 22.0. The largest absolute Gasteiger partial charge is 0.497 e. The fourth-order valence-corrected chi connectivity index (χ4v) is 4.41. The molecule has 0 atom stereocenters. The third-order valence-electron chi connectivity index (χ3n) is 6.36. The Morgan fingerprint density at radius 3 is 2.74 bits per heavy atom. The minimum atomic E-state index is -0.162. The molecule has 1 saturated carbocycles. The molecule has 2 heterocycles. The number of ether oxygens (including phenoxy) is 1. The molecule has 1 aliphatic rings. The van der Waals surface area contributed by atoms with Crippen LogP contribution in [0.15, 0.2) is 35.1 Å². The lowest BCUT2D eigenvalue weighted by Gasteiger charge is -2.22. The Balaban J connectivity index is 1.59. The maximum Gasteiger partial charge on any atom is 0.277 e. The molecule has 1 amide bonds. The number of nitrogens with one attached hydrogen (secondary N) is 1. The monoisotopic (exact) mass is 422 g/mol. The van der Waals surface area contributed by atoms with Crippen LogP contribution in [0.25, 0.3) is 16.9 Å². The van der Waals surface area contributed by atoms with Gasteiger partial charge < -0.3 is 14.6 Å². The molecular formula is C24H30N4O3. The molecule has 0 radical (unpaired) electrons. The number of nitrogens with zero attached hydrogens (tertiary/aromatic N) is 3. The Kier molecular flexibility index (Phi) is 6.11. The minimum Gasteiger partial charge on any atom is -0.497 e. The summed E-state index contributed by atoms with van der Waals surface area (Å²) < 4.78 is 8.71. The van der Waals surface area contributed by atoms with Gasteiger partial charge >= 0.3 is 0 Å². The van der Waals surface area contributed by atoms with E-state index >= 15 is 0 Å². The highest BCUT2D eigenvalue weighted by Crippen LogP contribution is 2.24. The smallest absolute Gasteiger partial charge is 0.277 e. The zero-order valence-corrected chi connectivity index (χ0v) is 18.5. The van der Waals surface area contributed by atoms with Crippen molar-refractivity contribution in [3.8, 4) is 17.0 Å². The Hall–Kier alpha value is -3.09. The number of benzene rings is 1.